The van der Waals surface area contributed by atoms with Crippen molar-refractivity contribution < 1.29 is 22.7 Å². The third-order valence-corrected chi connectivity index (χ3v) is 6.28. The summed E-state index contributed by atoms with van der Waals surface area (Å²) in [5.41, 5.74) is 2.04. The number of amides is 1. The number of nitrogens with zero attached hydrogens (tertiary/aromatic N) is 2. The van der Waals surface area contributed by atoms with Gasteiger partial charge in [0.1, 0.15) is 5.82 Å². The summed E-state index contributed by atoms with van der Waals surface area (Å²) in [5.74, 6) is -0.972. The number of ether oxygens (including phenoxy) is 1. The molecule has 1 amide bonds. The molecule has 174 valence electrons. The number of carbonyl (C=O) groups excluding carboxylic acids is 2. The van der Waals surface area contributed by atoms with E-state index in [2.05, 4.69) is 25.0 Å². The van der Waals surface area contributed by atoms with Crippen molar-refractivity contribution in [3.05, 3.63) is 78.8 Å². The van der Waals surface area contributed by atoms with Crippen LogP contribution < -0.4 is 10.0 Å². The first-order valence-corrected chi connectivity index (χ1v) is 11.8. The summed E-state index contributed by atoms with van der Waals surface area (Å²) in [6.07, 6.45) is 2.22. The monoisotopic (exact) mass is 479 g/mol. The van der Waals surface area contributed by atoms with Gasteiger partial charge in [0.05, 0.1) is 27.8 Å². The summed E-state index contributed by atoms with van der Waals surface area (Å²) in [5, 5.41) is 2.64. The minimum Gasteiger partial charge on any atom is -0.449 e. The lowest BCUT2D eigenvalue weighted by Gasteiger charge is -2.16. The fraction of sp³-hybridized carbons (Fsp3) is 0.130. The number of esters is 1. The van der Waals surface area contributed by atoms with Crippen molar-refractivity contribution in [2.24, 2.45) is 0 Å². The van der Waals surface area contributed by atoms with Crippen LogP contribution in [0.15, 0.2) is 78.1 Å². The maximum absolute atomic E-state index is 12.7. The highest BCUT2D eigenvalue weighted by Gasteiger charge is 2.23. The quantitative estimate of drug-likeness (QED) is 0.329. The van der Waals surface area contributed by atoms with Crippen LogP contribution in [0.5, 0.6) is 0 Å². The van der Waals surface area contributed by atoms with Crippen molar-refractivity contribution in [2.75, 3.05) is 10.0 Å². The van der Waals surface area contributed by atoms with Crippen molar-refractivity contribution in [1.29, 1.82) is 0 Å². The van der Waals surface area contributed by atoms with Gasteiger partial charge in [-0.05, 0) is 61.0 Å². The molecule has 2 aromatic carbocycles. The van der Waals surface area contributed by atoms with Crippen LogP contribution in [0, 0.1) is 0 Å². The number of hydrogen-bond donors (Lipinski definition) is 3. The SMILES string of the molecule is CCC(OC(=O)c1ccc2nc[nH]c2c1)C(=O)Nc1ccc(S(=O)(=O)Nc2ccccn2)cc1. The first-order valence-electron chi connectivity index (χ1n) is 10.3. The highest BCUT2D eigenvalue weighted by molar-refractivity contribution is 7.92. The highest BCUT2D eigenvalue weighted by Crippen LogP contribution is 2.18. The van der Waals surface area contributed by atoms with Gasteiger partial charge in [0, 0.05) is 11.9 Å². The van der Waals surface area contributed by atoms with Crippen LogP contribution in [0.1, 0.15) is 23.7 Å². The zero-order chi connectivity index (χ0) is 24.1. The molecule has 0 aliphatic carbocycles. The van der Waals surface area contributed by atoms with Crippen LogP contribution in [0.4, 0.5) is 11.5 Å². The van der Waals surface area contributed by atoms with Gasteiger partial charge in [0.15, 0.2) is 6.10 Å². The smallest absolute Gasteiger partial charge is 0.338 e. The topological polar surface area (TPSA) is 143 Å². The number of carbonyl (C=O) groups is 2. The minimum atomic E-state index is -3.84. The van der Waals surface area contributed by atoms with Crippen molar-refractivity contribution in [3.63, 3.8) is 0 Å². The van der Waals surface area contributed by atoms with E-state index in [9.17, 15) is 18.0 Å². The number of pyridine rings is 1. The number of hydrogen-bond acceptors (Lipinski definition) is 7. The number of rotatable bonds is 8. The fourth-order valence-corrected chi connectivity index (χ4v) is 4.15. The number of benzene rings is 2. The number of fused-ring (bicyclic) bond motifs is 1. The van der Waals surface area contributed by atoms with Gasteiger partial charge in [-0.2, -0.15) is 0 Å². The summed E-state index contributed by atoms with van der Waals surface area (Å²) in [7, 11) is -3.84. The van der Waals surface area contributed by atoms with Gasteiger partial charge in [-0.15, -0.1) is 0 Å². The molecule has 2 heterocycles. The summed E-state index contributed by atoms with van der Waals surface area (Å²) >= 11 is 0. The summed E-state index contributed by atoms with van der Waals surface area (Å²) in [6, 6.07) is 15.3. The minimum absolute atomic E-state index is 0.00354. The van der Waals surface area contributed by atoms with Gasteiger partial charge >= 0.3 is 5.97 Å². The molecular formula is C23H21N5O5S. The summed E-state index contributed by atoms with van der Waals surface area (Å²) in [4.78, 5) is 36.1. The maximum Gasteiger partial charge on any atom is 0.338 e. The van der Waals surface area contributed by atoms with E-state index in [1.165, 1.54) is 42.9 Å². The molecule has 0 fully saturated rings. The summed E-state index contributed by atoms with van der Waals surface area (Å²) in [6.45, 7) is 1.72. The highest BCUT2D eigenvalue weighted by atomic mass is 32.2. The average Bonchev–Trinajstić information content (AvgIpc) is 3.31. The van der Waals surface area contributed by atoms with Crippen molar-refractivity contribution in [1.82, 2.24) is 15.0 Å². The van der Waals surface area contributed by atoms with E-state index in [0.717, 1.165) is 0 Å². The van der Waals surface area contributed by atoms with Gasteiger partial charge < -0.3 is 15.0 Å². The first kappa shape index (κ1) is 22.9. The molecule has 0 aliphatic heterocycles. The summed E-state index contributed by atoms with van der Waals surface area (Å²) < 4.78 is 32.8. The van der Waals surface area contributed by atoms with Crippen LogP contribution in [0.25, 0.3) is 11.0 Å². The Morgan fingerprint density at radius 1 is 1.06 bits per heavy atom. The van der Waals surface area contributed by atoms with E-state index >= 15 is 0 Å². The zero-order valence-electron chi connectivity index (χ0n) is 18.1. The normalized spacial score (nSPS) is 12.1. The van der Waals surface area contributed by atoms with Gasteiger partial charge in [-0.1, -0.05) is 13.0 Å². The molecule has 4 rings (SSSR count). The van der Waals surface area contributed by atoms with Gasteiger partial charge in [0.2, 0.25) is 0 Å². The lowest BCUT2D eigenvalue weighted by Crippen LogP contribution is -2.32. The van der Waals surface area contributed by atoms with E-state index in [4.69, 9.17) is 4.74 Å². The van der Waals surface area contributed by atoms with E-state index in [1.54, 1.807) is 37.3 Å². The van der Waals surface area contributed by atoms with Crippen molar-refractivity contribution in [3.8, 4) is 0 Å². The Hall–Kier alpha value is -4.25. The molecule has 1 unspecified atom stereocenters. The Kier molecular flexibility index (Phi) is 6.55. The second kappa shape index (κ2) is 9.71. The van der Waals surface area contributed by atoms with Crippen molar-refractivity contribution in [2.45, 2.75) is 24.3 Å². The predicted molar refractivity (Wildman–Crippen MR) is 126 cm³/mol. The molecule has 0 bridgehead atoms. The molecule has 0 spiro atoms. The zero-order valence-corrected chi connectivity index (χ0v) is 18.9. The van der Waals surface area contributed by atoms with Crippen molar-refractivity contribution >= 4 is 44.4 Å². The van der Waals surface area contributed by atoms with E-state index < -0.39 is 28.0 Å². The standard InChI is InChI=1S/C23H21N5O5S/c1-2-20(33-23(30)15-6-11-18-19(13-15)26-14-25-18)22(29)27-16-7-9-17(10-8-16)34(31,32)28-21-5-3-4-12-24-21/h3-14,20H,2H2,1H3,(H,24,28)(H,25,26)(H,27,29). The number of aromatic nitrogens is 3. The first-order chi connectivity index (χ1) is 16.4. The number of aromatic amines is 1. The van der Waals surface area contributed by atoms with Gasteiger partial charge in [-0.25, -0.2) is 23.2 Å². The number of nitrogens with one attached hydrogen (secondary N) is 3. The molecule has 0 saturated heterocycles. The molecule has 11 heteroatoms. The van der Waals surface area contributed by atoms with Crippen LogP contribution in [-0.2, 0) is 19.6 Å². The third kappa shape index (κ3) is 5.21. The van der Waals surface area contributed by atoms with Crippen LogP contribution in [-0.4, -0.2) is 41.4 Å². The molecule has 4 aromatic rings. The van der Waals surface area contributed by atoms with E-state index in [-0.39, 0.29) is 22.7 Å². The number of H-pyrrole nitrogens is 1. The Labute approximate surface area is 195 Å². The molecule has 34 heavy (non-hydrogen) atoms. The molecule has 0 radical (unpaired) electrons. The van der Waals surface area contributed by atoms with Gasteiger partial charge in [-0.3, -0.25) is 9.52 Å². The molecule has 0 saturated carbocycles. The second-order valence-electron chi connectivity index (χ2n) is 7.27. The molecule has 0 aliphatic rings. The molecule has 3 N–H and O–H groups in total. The van der Waals surface area contributed by atoms with E-state index in [0.29, 0.717) is 16.7 Å². The lowest BCUT2D eigenvalue weighted by molar-refractivity contribution is -0.124. The Bertz CT molecular complexity index is 1420. The predicted octanol–water partition coefficient (Wildman–Crippen LogP) is 3.33. The molecule has 10 nitrogen and oxygen atoms in total. The van der Waals surface area contributed by atoms with Crippen LogP contribution >= 0.6 is 0 Å². The van der Waals surface area contributed by atoms with Crippen LogP contribution in [0.3, 0.4) is 0 Å². The average molecular weight is 480 g/mol. The number of imidazole rings is 1. The fourth-order valence-electron chi connectivity index (χ4n) is 3.14. The van der Waals surface area contributed by atoms with E-state index in [1.807, 2.05) is 0 Å². The third-order valence-electron chi connectivity index (χ3n) is 4.90. The molecule has 1 atom stereocenters. The Morgan fingerprint density at radius 2 is 1.85 bits per heavy atom. The Balaban J connectivity index is 1.40. The lowest BCUT2D eigenvalue weighted by atomic mass is 10.2. The second-order valence-corrected chi connectivity index (χ2v) is 8.95. The molecule has 2 aromatic heterocycles. The maximum atomic E-state index is 12.7. The number of sulfonamides is 1. The number of anilines is 2. The van der Waals surface area contributed by atoms with Gasteiger partial charge in [0.25, 0.3) is 15.9 Å². The van der Waals surface area contributed by atoms with Crippen LogP contribution in [0.2, 0.25) is 0 Å². The molecular weight excluding hydrogens is 458 g/mol. The largest absolute Gasteiger partial charge is 0.449 e. The Morgan fingerprint density at radius 3 is 2.56 bits per heavy atom.